The van der Waals surface area contributed by atoms with Crippen LogP contribution >= 0.6 is 31.9 Å². The number of nitrogens with one attached hydrogen (secondary N) is 1. The summed E-state index contributed by atoms with van der Waals surface area (Å²) in [4.78, 5) is 23.8. The Hall–Kier alpha value is -1.66. The molecule has 0 aromatic heterocycles. The Morgan fingerprint density at radius 3 is 2.32 bits per heavy atom. The van der Waals surface area contributed by atoms with Gasteiger partial charge in [0.1, 0.15) is 6.04 Å². The van der Waals surface area contributed by atoms with Gasteiger partial charge in [-0.25, -0.2) is 0 Å². The fraction of sp³-hybridized carbons (Fsp3) is 0.125. The first-order chi connectivity index (χ1) is 10.5. The van der Waals surface area contributed by atoms with Gasteiger partial charge in [0.2, 0.25) is 5.91 Å². The van der Waals surface area contributed by atoms with Crippen molar-refractivity contribution in [3.63, 3.8) is 0 Å². The maximum atomic E-state index is 12.2. The van der Waals surface area contributed by atoms with Crippen molar-refractivity contribution in [1.82, 2.24) is 5.32 Å². The summed E-state index contributed by atoms with van der Waals surface area (Å²) in [5.74, 6) is -0.895. The van der Waals surface area contributed by atoms with E-state index in [0.717, 1.165) is 14.5 Å². The zero-order valence-electron chi connectivity index (χ0n) is 11.6. The minimum atomic E-state index is -0.757. The summed E-state index contributed by atoms with van der Waals surface area (Å²) < 4.78 is 1.74. The molecule has 22 heavy (non-hydrogen) atoms. The SMILES string of the molecule is NC(=O)[C@@H](Cc1ccc(Br)cc1)NC(=O)c1cccc(Br)c1. The first-order valence-corrected chi connectivity index (χ1v) is 8.14. The Kier molecular flexibility index (Phi) is 5.74. The van der Waals surface area contributed by atoms with Gasteiger partial charge in [0, 0.05) is 20.9 Å². The van der Waals surface area contributed by atoms with Gasteiger partial charge in [-0.05, 0) is 35.9 Å². The van der Waals surface area contributed by atoms with E-state index in [1.807, 2.05) is 30.3 Å². The second kappa shape index (κ2) is 7.56. The van der Waals surface area contributed by atoms with Crippen molar-refractivity contribution in [2.45, 2.75) is 12.5 Å². The zero-order valence-corrected chi connectivity index (χ0v) is 14.7. The second-order valence-electron chi connectivity index (χ2n) is 4.77. The average Bonchev–Trinajstić information content (AvgIpc) is 2.48. The Bertz CT molecular complexity index is 687. The van der Waals surface area contributed by atoms with Gasteiger partial charge in [-0.15, -0.1) is 0 Å². The van der Waals surface area contributed by atoms with Crippen molar-refractivity contribution < 1.29 is 9.59 Å². The molecule has 0 aliphatic carbocycles. The minimum absolute atomic E-state index is 0.331. The molecule has 1 atom stereocenters. The van der Waals surface area contributed by atoms with Crippen LogP contribution in [-0.2, 0) is 11.2 Å². The lowest BCUT2D eigenvalue weighted by Crippen LogP contribution is -2.45. The minimum Gasteiger partial charge on any atom is -0.368 e. The van der Waals surface area contributed by atoms with E-state index in [1.54, 1.807) is 18.2 Å². The van der Waals surface area contributed by atoms with E-state index in [1.165, 1.54) is 0 Å². The van der Waals surface area contributed by atoms with Crippen LogP contribution in [0.1, 0.15) is 15.9 Å². The third-order valence-corrected chi connectivity index (χ3v) is 4.11. The summed E-state index contributed by atoms with van der Waals surface area (Å²) in [7, 11) is 0. The van der Waals surface area contributed by atoms with Crippen LogP contribution in [0.2, 0.25) is 0 Å². The van der Waals surface area contributed by atoms with Crippen LogP contribution in [0.3, 0.4) is 0 Å². The molecule has 2 amide bonds. The van der Waals surface area contributed by atoms with E-state index >= 15 is 0 Å². The fourth-order valence-corrected chi connectivity index (χ4v) is 2.61. The Morgan fingerprint density at radius 2 is 1.73 bits per heavy atom. The standard InChI is InChI=1S/C16H14Br2N2O2/c17-12-6-4-10(5-7-12)8-14(15(19)21)20-16(22)11-2-1-3-13(18)9-11/h1-7,9,14H,8H2,(H2,19,21)(H,20,22)/t14-/m1/s1. The van der Waals surface area contributed by atoms with E-state index < -0.39 is 11.9 Å². The number of carbonyl (C=O) groups is 2. The van der Waals surface area contributed by atoms with Gasteiger partial charge in [-0.1, -0.05) is 50.1 Å². The summed E-state index contributed by atoms with van der Waals surface area (Å²) in [6.45, 7) is 0. The van der Waals surface area contributed by atoms with Crippen molar-refractivity contribution in [3.05, 3.63) is 68.6 Å². The highest BCUT2D eigenvalue weighted by atomic mass is 79.9. The molecule has 0 spiro atoms. The molecular formula is C16H14Br2N2O2. The number of carbonyl (C=O) groups excluding carboxylic acids is 2. The summed E-state index contributed by atoms with van der Waals surface area (Å²) in [6.07, 6.45) is 0.350. The predicted octanol–water partition coefficient (Wildman–Crippen LogP) is 3.04. The molecule has 114 valence electrons. The van der Waals surface area contributed by atoms with Crippen LogP contribution in [0, 0.1) is 0 Å². The average molecular weight is 426 g/mol. The van der Waals surface area contributed by atoms with Gasteiger partial charge in [0.25, 0.3) is 5.91 Å². The van der Waals surface area contributed by atoms with Crippen LogP contribution in [0.5, 0.6) is 0 Å². The van der Waals surface area contributed by atoms with Gasteiger partial charge in [-0.2, -0.15) is 0 Å². The molecule has 0 aliphatic heterocycles. The Labute approximate surface area is 145 Å². The predicted molar refractivity (Wildman–Crippen MR) is 92.4 cm³/mol. The fourth-order valence-electron chi connectivity index (χ4n) is 1.95. The number of hydrogen-bond acceptors (Lipinski definition) is 2. The molecule has 0 fully saturated rings. The molecule has 6 heteroatoms. The number of halogens is 2. The van der Waals surface area contributed by atoms with Crippen molar-refractivity contribution in [2.24, 2.45) is 5.73 Å². The molecule has 0 radical (unpaired) electrons. The molecule has 0 bridgehead atoms. The third-order valence-electron chi connectivity index (χ3n) is 3.09. The summed E-state index contributed by atoms with van der Waals surface area (Å²) in [5.41, 5.74) is 6.79. The highest BCUT2D eigenvalue weighted by Crippen LogP contribution is 2.14. The summed E-state index contributed by atoms with van der Waals surface area (Å²) in [5, 5.41) is 2.68. The van der Waals surface area contributed by atoms with E-state index in [4.69, 9.17) is 5.73 Å². The Morgan fingerprint density at radius 1 is 1.05 bits per heavy atom. The molecule has 3 N–H and O–H groups in total. The van der Waals surface area contributed by atoms with Crippen molar-refractivity contribution in [1.29, 1.82) is 0 Å². The molecule has 2 aromatic carbocycles. The van der Waals surface area contributed by atoms with Crippen molar-refractivity contribution in [3.8, 4) is 0 Å². The summed E-state index contributed by atoms with van der Waals surface area (Å²) >= 11 is 6.66. The number of rotatable bonds is 5. The van der Waals surface area contributed by atoms with E-state index in [2.05, 4.69) is 37.2 Å². The normalized spacial score (nSPS) is 11.7. The van der Waals surface area contributed by atoms with Crippen molar-refractivity contribution >= 4 is 43.7 Å². The quantitative estimate of drug-likeness (QED) is 0.772. The number of nitrogens with two attached hydrogens (primary N) is 1. The molecule has 4 nitrogen and oxygen atoms in total. The van der Waals surface area contributed by atoms with Crippen LogP contribution < -0.4 is 11.1 Å². The molecule has 0 heterocycles. The van der Waals surface area contributed by atoms with Crippen LogP contribution in [0.4, 0.5) is 0 Å². The topological polar surface area (TPSA) is 72.2 Å². The number of hydrogen-bond donors (Lipinski definition) is 2. The highest BCUT2D eigenvalue weighted by Gasteiger charge is 2.19. The molecule has 0 unspecified atom stereocenters. The summed E-state index contributed by atoms with van der Waals surface area (Å²) in [6, 6.07) is 13.7. The highest BCUT2D eigenvalue weighted by molar-refractivity contribution is 9.10. The Balaban J connectivity index is 2.10. The van der Waals surface area contributed by atoms with E-state index in [9.17, 15) is 9.59 Å². The van der Waals surface area contributed by atoms with E-state index in [-0.39, 0.29) is 5.91 Å². The van der Waals surface area contributed by atoms with Gasteiger partial charge < -0.3 is 11.1 Å². The molecule has 2 aromatic rings. The number of amides is 2. The van der Waals surface area contributed by atoms with Gasteiger partial charge >= 0.3 is 0 Å². The molecule has 0 saturated heterocycles. The maximum absolute atomic E-state index is 12.2. The molecule has 0 aliphatic rings. The maximum Gasteiger partial charge on any atom is 0.251 e. The first kappa shape index (κ1) is 16.7. The van der Waals surface area contributed by atoms with Gasteiger partial charge in [0.15, 0.2) is 0 Å². The number of benzene rings is 2. The lowest BCUT2D eigenvalue weighted by molar-refractivity contribution is -0.119. The van der Waals surface area contributed by atoms with Crippen LogP contribution in [0.25, 0.3) is 0 Å². The van der Waals surface area contributed by atoms with Crippen LogP contribution in [0.15, 0.2) is 57.5 Å². The monoisotopic (exact) mass is 424 g/mol. The number of primary amides is 1. The first-order valence-electron chi connectivity index (χ1n) is 6.56. The second-order valence-corrected chi connectivity index (χ2v) is 6.60. The van der Waals surface area contributed by atoms with E-state index in [0.29, 0.717) is 12.0 Å². The van der Waals surface area contributed by atoms with Crippen molar-refractivity contribution in [2.75, 3.05) is 0 Å². The van der Waals surface area contributed by atoms with Gasteiger partial charge in [0.05, 0.1) is 0 Å². The molecular weight excluding hydrogens is 412 g/mol. The van der Waals surface area contributed by atoms with Gasteiger partial charge in [-0.3, -0.25) is 9.59 Å². The molecule has 2 rings (SSSR count). The smallest absolute Gasteiger partial charge is 0.251 e. The molecule has 0 saturated carbocycles. The third kappa shape index (κ3) is 4.68. The largest absolute Gasteiger partial charge is 0.368 e. The lowest BCUT2D eigenvalue weighted by atomic mass is 10.0. The lowest BCUT2D eigenvalue weighted by Gasteiger charge is -2.16. The zero-order chi connectivity index (χ0) is 16.1. The van der Waals surface area contributed by atoms with Crippen LogP contribution in [-0.4, -0.2) is 17.9 Å².